The van der Waals surface area contributed by atoms with Crippen molar-refractivity contribution in [3.63, 3.8) is 0 Å². The summed E-state index contributed by atoms with van der Waals surface area (Å²) in [6.07, 6.45) is -11.6. The van der Waals surface area contributed by atoms with E-state index in [1.54, 1.807) is 0 Å². The standard InChI is InChI=1S/C25H20F13N3O5/c1-10-14(18(42)44-3)16(12-6-4-7-13-17(12)41-46-40-13)15(11(2)39-10)19(43)45-9-5-8-20(26,27)21(28,29)22(30,31)23(32,33)24(34,35)25(36,37)38/h4,6-7,16,39H,5,8-9H2,1-3H3. The maximum atomic E-state index is 14.1. The van der Waals surface area contributed by atoms with Crippen molar-refractivity contribution in [2.24, 2.45) is 0 Å². The van der Waals surface area contributed by atoms with E-state index in [1.165, 1.54) is 32.0 Å². The lowest BCUT2D eigenvalue weighted by atomic mass is 9.80. The van der Waals surface area contributed by atoms with Crippen LogP contribution < -0.4 is 5.32 Å². The van der Waals surface area contributed by atoms with Gasteiger partial charge in [0.15, 0.2) is 0 Å². The predicted molar refractivity (Wildman–Crippen MR) is 126 cm³/mol. The van der Waals surface area contributed by atoms with Crippen molar-refractivity contribution >= 4 is 23.0 Å². The first-order chi connectivity index (χ1) is 20.9. The number of fused-ring (bicyclic) bond motifs is 1. The van der Waals surface area contributed by atoms with Crippen LogP contribution in [-0.2, 0) is 19.1 Å². The molecule has 1 atom stereocenters. The van der Waals surface area contributed by atoms with Gasteiger partial charge in [0, 0.05) is 17.8 Å². The van der Waals surface area contributed by atoms with Gasteiger partial charge < -0.3 is 14.8 Å². The van der Waals surface area contributed by atoms with Crippen LogP contribution in [-0.4, -0.2) is 71.8 Å². The van der Waals surface area contributed by atoms with Crippen LogP contribution in [0.2, 0.25) is 0 Å². The number of alkyl halides is 13. The van der Waals surface area contributed by atoms with Crippen molar-refractivity contribution < 1.29 is 80.8 Å². The molecule has 0 amide bonds. The van der Waals surface area contributed by atoms with E-state index in [9.17, 15) is 66.7 Å². The molecule has 0 aliphatic carbocycles. The lowest BCUT2D eigenvalue weighted by Gasteiger charge is -2.39. The van der Waals surface area contributed by atoms with Gasteiger partial charge in [-0.1, -0.05) is 12.1 Å². The van der Waals surface area contributed by atoms with Gasteiger partial charge in [-0.2, -0.15) is 57.1 Å². The minimum Gasteiger partial charge on any atom is -0.466 e. The van der Waals surface area contributed by atoms with E-state index in [2.05, 4.69) is 20.3 Å². The number of carbonyl (C=O) groups is 2. The molecule has 8 nitrogen and oxygen atoms in total. The molecule has 46 heavy (non-hydrogen) atoms. The highest BCUT2D eigenvalue weighted by molar-refractivity contribution is 6.01. The molecule has 1 aromatic carbocycles. The van der Waals surface area contributed by atoms with E-state index in [4.69, 9.17) is 9.47 Å². The Morgan fingerprint density at radius 3 is 1.89 bits per heavy atom. The molecular weight excluding hydrogens is 669 g/mol. The fourth-order valence-electron chi connectivity index (χ4n) is 4.51. The Labute approximate surface area is 248 Å². The molecule has 0 fully saturated rings. The van der Waals surface area contributed by atoms with Crippen molar-refractivity contribution in [1.82, 2.24) is 15.6 Å². The monoisotopic (exact) mass is 689 g/mol. The molecule has 2 aromatic rings. The summed E-state index contributed by atoms with van der Waals surface area (Å²) in [6, 6.07) is 4.26. The Hall–Kier alpha value is -4.07. The number of esters is 2. The second-order valence-corrected chi connectivity index (χ2v) is 9.85. The maximum Gasteiger partial charge on any atom is 0.460 e. The lowest BCUT2D eigenvalue weighted by Crippen LogP contribution is -2.70. The number of nitrogens with one attached hydrogen (secondary N) is 1. The first kappa shape index (κ1) is 36.4. The molecule has 0 saturated heterocycles. The summed E-state index contributed by atoms with van der Waals surface area (Å²) in [7, 11) is 1.00. The van der Waals surface area contributed by atoms with Gasteiger partial charge in [-0.05, 0) is 42.2 Å². The number of dihydropyridines is 1. The molecule has 1 aliphatic heterocycles. The Morgan fingerprint density at radius 2 is 1.35 bits per heavy atom. The summed E-state index contributed by atoms with van der Waals surface area (Å²) in [5.41, 5.74) is -0.136. The number of carbonyl (C=O) groups excluding carboxylic acids is 2. The number of methoxy groups -OCH3 is 1. The quantitative estimate of drug-likeness (QED) is 0.158. The minimum absolute atomic E-state index is 0.00191. The van der Waals surface area contributed by atoms with Gasteiger partial charge in [-0.25, -0.2) is 14.2 Å². The number of halogens is 13. The van der Waals surface area contributed by atoms with E-state index >= 15 is 0 Å². The van der Waals surface area contributed by atoms with Crippen LogP contribution >= 0.6 is 0 Å². The molecule has 3 rings (SSSR count). The van der Waals surface area contributed by atoms with Gasteiger partial charge in [-0.3, -0.25) is 0 Å². The maximum absolute atomic E-state index is 14.1. The van der Waals surface area contributed by atoms with E-state index in [1.807, 2.05) is 0 Å². The second-order valence-electron chi connectivity index (χ2n) is 9.85. The van der Waals surface area contributed by atoms with Gasteiger partial charge in [-0.15, -0.1) is 0 Å². The zero-order valence-electron chi connectivity index (χ0n) is 23.3. The van der Waals surface area contributed by atoms with Crippen LogP contribution in [0.25, 0.3) is 11.0 Å². The van der Waals surface area contributed by atoms with Gasteiger partial charge >= 0.3 is 47.7 Å². The highest BCUT2D eigenvalue weighted by atomic mass is 19.4. The fraction of sp³-hybridized carbons (Fsp3) is 0.520. The third kappa shape index (κ3) is 5.71. The smallest absolute Gasteiger partial charge is 0.460 e. The number of ether oxygens (including phenoxy) is 2. The zero-order valence-corrected chi connectivity index (χ0v) is 23.3. The average Bonchev–Trinajstić information content (AvgIpc) is 3.42. The highest BCUT2D eigenvalue weighted by Gasteiger charge is 2.90. The van der Waals surface area contributed by atoms with Gasteiger partial charge in [0.2, 0.25) is 0 Å². The number of rotatable bonds is 11. The number of aromatic nitrogens is 2. The number of hydrogen-bond donors (Lipinski definition) is 1. The first-order valence-corrected chi connectivity index (χ1v) is 12.5. The number of benzene rings is 1. The molecule has 0 bridgehead atoms. The van der Waals surface area contributed by atoms with E-state index in [0.717, 1.165) is 7.11 Å². The van der Waals surface area contributed by atoms with E-state index in [-0.39, 0.29) is 33.6 Å². The van der Waals surface area contributed by atoms with Crippen molar-refractivity contribution in [1.29, 1.82) is 0 Å². The Morgan fingerprint density at radius 1 is 0.804 bits per heavy atom. The number of hydrogen-bond acceptors (Lipinski definition) is 8. The molecule has 256 valence electrons. The molecule has 21 heteroatoms. The topological polar surface area (TPSA) is 104 Å². The fourth-order valence-corrected chi connectivity index (χ4v) is 4.51. The summed E-state index contributed by atoms with van der Waals surface area (Å²) < 4.78 is 188. The average molecular weight is 689 g/mol. The molecule has 1 unspecified atom stereocenters. The zero-order chi connectivity index (χ0) is 35.3. The van der Waals surface area contributed by atoms with E-state index in [0.29, 0.717) is 0 Å². The first-order valence-electron chi connectivity index (χ1n) is 12.5. The van der Waals surface area contributed by atoms with Crippen LogP contribution in [0.1, 0.15) is 38.2 Å². The summed E-state index contributed by atoms with van der Waals surface area (Å²) >= 11 is 0. The largest absolute Gasteiger partial charge is 0.466 e. The number of allylic oxidation sites excluding steroid dienone is 2. The molecule has 1 N–H and O–H groups in total. The second kappa shape index (κ2) is 11.9. The van der Waals surface area contributed by atoms with E-state index < -0.39 is 78.7 Å². The Bertz CT molecular complexity index is 1560. The summed E-state index contributed by atoms with van der Waals surface area (Å²) in [6.45, 7) is 1.40. The van der Waals surface area contributed by atoms with Gasteiger partial charge in [0.25, 0.3) is 0 Å². The lowest BCUT2D eigenvalue weighted by molar-refractivity contribution is -0.440. The molecular formula is C25H20F13N3O5. The third-order valence-corrected chi connectivity index (χ3v) is 6.88. The molecule has 1 aliphatic rings. The minimum atomic E-state index is -8.02. The van der Waals surface area contributed by atoms with Crippen LogP contribution in [0.5, 0.6) is 0 Å². The van der Waals surface area contributed by atoms with Gasteiger partial charge in [0.05, 0.1) is 30.8 Å². The normalized spacial score (nSPS) is 17.3. The highest BCUT2D eigenvalue weighted by Crippen LogP contribution is 2.60. The summed E-state index contributed by atoms with van der Waals surface area (Å²) in [5, 5.41) is 10.0. The predicted octanol–water partition coefficient (Wildman–Crippen LogP) is 6.69. The molecule has 0 saturated carbocycles. The number of nitrogens with zero attached hydrogens (tertiary/aromatic N) is 2. The molecule has 0 radical (unpaired) electrons. The van der Waals surface area contributed by atoms with Crippen molar-refractivity contribution in [2.75, 3.05) is 13.7 Å². The summed E-state index contributed by atoms with van der Waals surface area (Å²) in [5.74, 6) is -41.3. The van der Waals surface area contributed by atoms with Gasteiger partial charge in [0.1, 0.15) is 11.0 Å². The van der Waals surface area contributed by atoms with Crippen molar-refractivity contribution in [2.45, 2.75) is 68.4 Å². The van der Waals surface area contributed by atoms with Crippen molar-refractivity contribution in [3.05, 3.63) is 46.3 Å². The molecule has 0 spiro atoms. The van der Waals surface area contributed by atoms with Crippen LogP contribution in [0.4, 0.5) is 57.1 Å². The summed E-state index contributed by atoms with van der Waals surface area (Å²) in [4.78, 5) is 25.9. The van der Waals surface area contributed by atoms with Crippen LogP contribution in [0, 0.1) is 0 Å². The molecule has 2 heterocycles. The van der Waals surface area contributed by atoms with Crippen LogP contribution in [0.3, 0.4) is 0 Å². The van der Waals surface area contributed by atoms with Crippen LogP contribution in [0.15, 0.2) is 45.4 Å². The molecule has 1 aromatic heterocycles. The Balaban J connectivity index is 1.85. The Kier molecular flexibility index (Phi) is 9.45. The SMILES string of the molecule is COC(=O)C1=C(C)NC(C)=C(C(=O)OCCCC(F)(F)C(F)(F)C(F)(F)C(F)(F)C(F)(F)C(F)(F)F)C1c1cccc2nonc12. The third-order valence-electron chi connectivity index (χ3n) is 6.88. The van der Waals surface area contributed by atoms with Crippen molar-refractivity contribution in [3.8, 4) is 0 Å².